The van der Waals surface area contributed by atoms with Gasteiger partial charge in [-0.3, -0.25) is 9.23 Å². The summed E-state index contributed by atoms with van der Waals surface area (Å²) in [6.07, 6.45) is -3.81. The number of nitrogens with one attached hydrogen (secondary N) is 1. The van der Waals surface area contributed by atoms with Crippen molar-refractivity contribution in [1.82, 2.24) is 24.7 Å². The van der Waals surface area contributed by atoms with Crippen LogP contribution in [0.15, 0.2) is 30.3 Å². The molecule has 2 N–H and O–H groups in total. The third kappa shape index (κ3) is 6.25. The second-order valence-electron chi connectivity index (χ2n) is 9.38. The quantitative estimate of drug-likeness (QED) is 0.341. The van der Waals surface area contributed by atoms with E-state index in [-0.39, 0.29) is 22.6 Å². The minimum absolute atomic E-state index is 0.0529. The molecule has 1 aromatic carbocycles. The van der Waals surface area contributed by atoms with Crippen LogP contribution in [-0.4, -0.2) is 58.2 Å². The van der Waals surface area contributed by atoms with Crippen LogP contribution in [0.25, 0.3) is 33.8 Å². The number of aryl methyl sites for hydroxylation is 1. The minimum atomic E-state index is -4.53. The SMILES string of the molecule is COc1c(C(C)(C)C)nn(C)c1-c1nc2cc(-c3ccccc3C(F)(F)F)nc(OC)c2[nH]1.CS(=O)(=O)O. The molecule has 0 atom stereocenters. The second-order valence-corrected chi connectivity index (χ2v) is 10.8. The number of hydrogen-bond acceptors (Lipinski definition) is 7. The fraction of sp³-hybridized carbons (Fsp3) is 0.375. The van der Waals surface area contributed by atoms with E-state index in [1.165, 1.54) is 31.4 Å². The largest absolute Gasteiger partial charge is 0.492 e. The molecule has 4 aromatic rings. The number of benzene rings is 1. The van der Waals surface area contributed by atoms with Gasteiger partial charge in [-0.2, -0.15) is 26.7 Å². The highest BCUT2D eigenvalue weighted by molar-refractivity contribution is 7.85. The Morgan fingerprint density at radius 3 is 2.18 bits per heavy atom. The van der Waals surface area contributed by atoms with Gasteiger partial charge in [0.25, 0.3) is 10.1 Å². The number of alkyl halides is 3. The van der Waals surface area contributed by atoms with Crippen LogP contribution in [0.1, 0.15) is 32.0 Å². The second kappa shape index (κ2) is 10.3. The molecule has 0 spiro atoms. The molecule has 0 saturated heterocycles. The third-order valence-corrected chi connectivity index (χ3v) is 5.29. The molecule has 0 fully saturated rings. The Morgan fingerprint density at radius 2 is 1.66 bits per heavy atom. The fourth-order valence-corrected chi connectivity index (χ4v) is 3.78. The molecule has 0 aliphatic heterocycles. The maximum atomic E-state index is 13.6. The molecule has 0 unspecified atom stereocenters. The number of fused-ring (bicyclic) bond motifs is 1. The first-order valence-electron chi connectivity index (χ1n) is 11.1. The van der Waals surface area contributed by atoms with Crippen LogP contribution in [0, 0.1) is 0 Å². The molecule has 0 aliphatic carbocycles. The summed E-state index contributed by atoms with van der Waals surface area (Å²) in [5.41, 5.74) is 1.23. The number of H-pyrrole nitrogens is 1. The van der Waals surface area contributed by atoms with Crippen molar-refractivity contribution in [3.63, 3.8) is 0 Å². The average Bonchev–Trinajstić information content (AvgIpc) is 3.36. The standard InChI is InChI=1S/C23H24F3N5O2.CH4O3S/c1-22(2,3)19-18(32-5)17(31(4)30-19)20-27-15-11-14(28-21(33-6)16(15)29-20)12-9-7-8-10-13(12)23(24,25)26;1-5(2,3)4/h7-11H,1-6H3,(H,27,29);1H3,(H,2,3,4). The maximum Gasteiger partial charge on any atom is 0.417 e. The highest BCUT2D eigenvalue weighted by Gasteiger charge is 2.34. The van der Waals surface area contributed by atoms with Crippen LogP contribution in [0.3, 0.4) is 0 Å². The van der Waals surface area contributed by atoms with Gasteiger partial charge in [-0.05, 0) is 12.1 Å². The lowest BCUT2D eigenvalue weighted by Crippen LogP contribution is -2.13. The number of imidazole rings is 1. The summed E-state index contributed by atoms with van der Waals surface area (Å²) in [4.78, 5) is 12.1. The van der Waals surface area contributed by atoms with E-state index in [2.05, 4.69) is 20.1 Å². The lowest BCUT2D eigenvalue weighted by Gasteiger charge is -2.16. The van der Waals surface area contributed by atoms with Crippen LogP contribution in [0.2, 0.25) is 0 Å². The normalized spacial score (nSPS) is 12.3. The predicted octanol–water partition coefficient (Wildman–Crippen LogP) is 4.86. The smallest absolute Gasteiger partial charge is 0.417 e. The Bertz CT molecular complexity index is 1560. The summed E-state index contributed by atoms with van der Waals surface area (Å²) in [6, 6.07) is 6.79. The fourth-order valence-electron chi connectivity index (χ4n) is 3.78. The number of rotatable bonds is 4. The number of nitrogens with zero attached hydrogens (tertiary/aromatic N) is 4. The van der Waals surface area contributed by atoms with E-state index in [4.69, 9.17) is 14.0 Å². The zero-order valence-electron chi connectivity index (χ0n) is 21.8. The van der Waals surface area contributed by atoms with Crippen molar-refractivity contribution >= 4 is 21.2 Å². The van der Waals surface area contributed by atoms with E-state index in [9.17, 15) is 21.6 Å². The Labute approximate surface area is 217 Å². The molecule has 0 radical (unpaired) electrons. The van der Waals surface area contributed by atoms with Crippen molar-refractivity contribution in [3.8, 4) is 34.4 Å². The van der Waals surface area contributed by atoms with E-state index in [0.717, 1.165) is 11.8 Å². The number of pyridine rings is 1. The van der Waals surface area contributed by atoms with E-state index in [1.54, 1.807) is 18.8 Å². The highest BCUT2D eigenvalue weighted by atomic mass is 32.2. The molecular weight excluding hydrogens is 527 g/mol. The summed E-state index contributed by atoms with van der Waals surface area (Å²) in [7, 11) is 1.08. The summed E-state index contributed by atoms with van der Waals surface area (Å²) in [5.74, 6) is 1.14. The first kappa shape index (κ1) is 28.9. The monoisotopic (exact) mass is 555 g/mol. The summed E-state index contributed by atoms with van der Waals surface area (Å²) in [5, 5.41) is 4.61. The van der Waals surface area contributed by atoms with Gasteiger partial charge >= 0.3 is 6.18 Å². The molecule has 0 saturated carbocycles. The average molecular weight is 556 g/mol. The Balaban J connectivity index is 0.000000732. The third-order valence-electron chi connectivity index (χ3n) is 5.29. The van der Waals surface area contributed by atoms with Crippen LogP contribution in [-0.2, 0) is 28.8 Å². The van der Waals surface area contributed by atoms with Gasteiger partial charge in [0, 0.05) is 18.0 Å². The molecule has 3 aromatic heterocycles. The number of methoxy groups -OCH3 is 2. The van der Waals surface area contributed by atoms with E-state index in [1.807, 2.05) is 20.8 Å². The van der Waals surface area contributed by atoms with Gasteiger partial charge in [-0.25, -0.2) is 9.97 Å². The Kier molecular flexibility index (Phi) is 7.80. The van der Waals surface area contributed by atoms with Crippen molar-refractivity contribution in [2.75, 3.05) is 20.5 Å². The maximum absolute atomic E-state index is 13.6. The zero-order chi connectivity index (χ0) is 28.6. The molecule has 0 amide bonds. The number of hydrogen-bond donors (Lipinski definition) is 2. The first-order valence-corrected chi connectivity index (χ1v) is 13.0. The van der Waals surface area contributed by atoms with E-state index >= 15 is 0 Å². The van der Waals surface area contributed by atoms with Crippen LogP contribution in [0.5, 0.6) is 11.6 Å². The molecule has 38 heavy (non-hydrogen) atoms. The Hall–Kier alpha value is -3.65. The van der Waals surface area contributed by atoms with Crippen molar-refractivity contribution in [3.05, 3.63) is 41.6 Å². The molecule has 0 aliphatic rings. The van der Waals surface area contributed by atoms with Crippen LogP contribution < -0.4 is 9.47 Å². The Morgan fingerprint density at radius 1 is 1.05 bits per heavy atom. The molecule has 206 valence electrons. The van der Waals surface area contributed by atoms with Gasteiger partial charge in [-0.15, -0.1) is 0 Å². The van der Waals surface area contributed by atoms with Gasteiger partial charge in [0.1, 0.15) is 16.9 Å². The molecule has 0 bridgehead atoms. The lowest BCUT2D eigenvalue weighted by molar-refractivity contribution is -0.137. The zero-order valence-corrected chi connectivity index (χ0v) is 22.6. The summed E-state index contributed by atoms with van der Waals surface area (Å²) < 4.78 is 79.3. The molecule has 3 heterocycles. The number of aromatic nitrogens is 5. The van der Waals surface area contributed by atoms with Crippen molar-refractivity contribution in [2.24, 2.45) is 7.05 Å². The molecular formula is C24H28F3N5O5S. The van der Waals surface area contributed by atoms with Crippen LogP contribution in [0.4, 0.5) is 13.2 Å². The summed E-state index contributed by atoms with van der Waals surface area (Å²) in [6.45, 7) is 6.08. The van der Waals surface area contributed by atoms with Gasteiger partial charge in [0.2, 0.25) is 5.88 Å². The highest BCUT2D eigenvalue weighted by Crippen LogP contribution is 2.41. The van der Waals surface area contributed by atoms with Gasteiger partial charge in [-0.1, -0.05) is 39.0 Å². The van der Waals surface area contributed by atoms with Gasteiger partial charge in [0.15, 0.2) is 11.6 Å². The van der Waals surface area contributed by atoms with Gasteiger partial charge in [0.05, 0.1) is 37.2 Å². The number of aromatic amines is 1. The lowest BCUT2D eigenvalue weighted by atomic mass is 9.91. The number of ether oxygens (including phenoxy) is 2. The van der Waals surface area contributed by atoms with Crippen molar-refractivity contribution < 1.29 is 35.6 Å². The molecule has 10 nitrogen and oxygen atoms in total. The summed E-state index contributed by atoms with van der Waals surface area (Å²) >= 11 is 0. The van der Waals surface area contributed by atoms with Crippen molar-refractivity contribution in [2.45, 2.75) is 32.4 Å². The van der Waals surface area contributed by atoms with Crippen molar-refractivity contribution in [1.29, 1.82) is 0 Å². The van der Waals surface area contributed by atoms with E-state index in [0.29, 0.717) is 34.6 Å². The van der Waals surface area contributed by atoms with Gasteiger partial charge < -0.3 is 14.5 Å². The molecule has 4 rings (SSSR count). The predicted molar refractivity (Wildman–Crippen MR) is 136 cm³/mol. The minimum Gasteiger partial charge on any atom is -0.492 e. The first-order chi connectivity index (χ1) is 17.5. The van der Waals surface area contributed by atoms with E-state index < -0.39 is 21.9 Å². The topological polar surface area (TPSA) is 132 Å². The number of halogens is 3. The molecule has 14 heteroatoms. The van der Waals surface area contributed by atoms with Crippen LogP contribution >= 0.6 is 0 Å².